The van der Waals surface area contributed by atoms with Crippen molar-refractivity contribution in [2.75, 3.05) is 13.1 Å². The number of benzene rings is 1. The number of carbonyl (C=O) groups excluding carboxylic acids is 4. The smallest absolute Gasteiger partial charge is 0.262 e. The van der Waals surface area contributed by atoms with Crippen molar-refractivity contribution < 1.29 is 19.2 Å². The topological polar surface area (TPSA) is 86.8 Å². The summed E-state index contributed by atoms with van der Waals surface area (Å²) < 4.78 is 0. The second-order valence-electron chi connectivity index (χ2n) is 6.49. The highest BCUT2D eigenvalue weighted by Gasteiger charge is 2.41. The molecule has 1 aromatic rings. The van der Waals surface area contributed by atoms with E-state index in [1.807, 2.05) is 0 Å². The molecular formula is C18H21N3O4. The highest BCUT2D eigenvalue weighted by molar-refractivity contribution is 6.22. The Bertz CT molecular complexity index is 703. The van der Waals surface area contributed by atoms with E-state index >= 15 is 0 Å². The van der Waals surface area contributed by atoms with Crippen LogP contribution in [-0.4, -0.2) is 58.6 Å². The third kappa shape index (κ3) is 3.14. The minimum atomic E-state index is -0.877. The summed E-state index contributed by atoms with van der Waals surface area (Å²) in [7, 11) is 0. The van der Waals surface area contributed by atoms with E-state index in [1.165, 1.54) is 6.92 Å². The van der Waals surface area contributed by atoms with Crippen LogP contribution < -0.4 is 5.32 Å². The van der Waals surface area contributed by atoms with Crippen LogP contribution in [0.25, 0.3) is 0 Å². The SMILES string of the molecule is CC(=O)N1CCC(NC(=O)C(C)N2C(=O)c3ccccc3C2=O)CC1. The summed E-state index contributed by atoms with van der Waals surface area (Å²) in [6, 6.07) is 5.65. The predicted octanol–water partition coefficient (Wildman–Crippen LogP) is 0.798. The van der Waals surface area contributed by atoms with Crippen LogP contribution in [0.3, 0.4) is 0 Å². The van der Waals surface area contributed by atoms with Crippen LogP contribution >= 0.6 is 0 Å². The first-order chi connectivity index (χ1) is 11.9. The van der Waals surface area contributed by atoms with Crippen molar-refractivity contribution in [2.24, 2.45) is 0 Å². The van der Waals surface area contributed by atoms with Crippen LogP contribution in [0.15, 0.2) is 24.3 Å². The van der Waals surface area contributed by atoms with Crippen molar-refractivity contribution in [3.8, 4) is 0 Å². The van der Waals surface area contributed by atoms with Crippen molar-refractivity contribution in [3.05, 3.63) is 35.4 Å². The second-order valence-corrected chi connectivity index (χ2v) is 6.49. The van der Waals surface area contributed by atoms with Gasteiger partial charge < -0.3 is 10.2 Å². The summed E-state index contributed by atoms with van der Waals surface area (Å²) in [5, 5.41) is 2.90. The molecule has 25 heavy (non-hydrogen) atoms. The number of piperidine rings is 1. The number of imide groups is 1. The number of nitrogens with one attached hydrogen (secondary N) is 1. The largest absolute Gasteiger partial charge is 0.351 e. The van der Waals surface area contributed by atoms with E-state index in [1.54, 1.807) is 36.1 Å². The number of amides is 4. The van der Waals surface area contributed by atoms with Crippen LogP contribution in [0.4, 0.5) is 0 Å². The number of hydrogen-bond acceptors (Lipinski definition) is 4. The second kappa shape index (κ2) is 6.66. The van der Waals surface area contributed by atoms with Gasteiger partial charge in [0.2, 0.25) is 11.8 Å². The van der Waals surface area contributed by atoms with Gasteiger partial charge in [0.15, 0.2) is 0 Å². The van der Waals surface area contributed by atoms with Crippen molar-refractivity contribution in [1.29, 1.82) is 0 Å². The first-order valence-electron chi connectivity index (χ1n) is 8.43. The molecule has 2 heterocycles. The zero-order chi connectivity index (χ0) is 18.1. The molecule has 0 aliphatic carbocycles. The van der Waals surface area contributed by atoms with Gasteiger partial charge in [0.05, 0.1) is 11.1 Å². The maximum atomic E-state index is 12.5. The van der Waals surface area contributed by atoms with Crippen LogP contribution in [0.1, 0.15) is 47.4 Å². The molecule has 1 N–H and O–H groups in total. The Morgan fingerprint density at radius 1 is 1.08 bits per heavy atom. The van der Waals surface area contributed by atoms with Gasteiger partial charge in [0.25, 0.3) is 11.8 Å². The van der Waals surface area contributed by atoms with Crippen molar-refractivity contribution >= 4 is 23.6 Å². The fourth-order valence-corrected chi connectivity index (χ4v) is 3.34. The third-order valence-electron chi connectivity index (χ3n) is 4.88. The third-order valence-corrected chi connectivity index (χ3v) is 4.88. The van der Waals surface area contributed by atoms with Gasteiger partial charge in [-0.15, -0.1) is 0 Å². The van der Waals surface area contributed by atoms with Crippen LogP contribution in [-0.2, 0) is 9.59 Å². The monoisotopic (exact) mass is 343 g/mol. The molecule has 1 aromatic carbocycles. The van der Waals surface area contributed by atoms with Gasteiger partial charge in [-0.05, 0) is 31.9 Å². The van der Waals surface area contributed by atoms with Gasteiger partial charge in [0.1, 0.15) is 6.04 Å². The summed E-state index contributed by atoms with van der Waals surface area (Å²) in [6.45, 7) is 4.29. The lowest BCUT2D eigenvalue weighted by Crippen LogP contribution is -2.52. The van der Waals surface area contributed by atoms with Gasteiger partial charge in [-0.3, -0.25) is 24.1 Å². The molecule has 1 unspecified atom stereocenters. The van der Waals surface area contributed by atoms with Gasteiger partial charge >= 0.3 is 0 Å². The van der Waals surface area contributed by atoms with Gasteiger partial charge in [-0.25, -0.2) is 0 Å². The summed E-state index contributed by atoms with van der Waals surface area (Å²) >= 11 is 0. The summed E-state index contributed by atoms with van der Waals surface area (Å²) in [4.78, 5) is 51.5. The zero-order valence-electron chi connectivity index (χ0n) is 14.3. The number of hydrogen-bond donors (Lipinski definition) is 1. The molecule has 4 amide bonds. The number of nitrogens with zero attached hydrogens (tertiary/aromatic N) is 2. The number of fused-ring (bicyclic) bond motifs is 1. The Morgan fingerprint density at radius 2 is 1.60 bits per heavy atom. The molecule has 0 spiro atoms. The van der Waals surface area contributed by atoms with E-state index in [-0.39, 0.29) is 17.9 Å². The molecule has 1 atom stereocenters. The van der Waals surface area contributed by atoms with E-state index in [0.717, 1.165) is 4.90 Å². The van der Waals surface area contributed by atoms with Gasteiger partial charge in [-0.1, -0.05) is 12.1 Å². The molecule has 7 nitrogen and oxygen atoms in total. The van der Waals surface area contributed by atoms with Crippen LogP contribution in [0.5, 0.6) is 0 Å². The fourth-order valence-electron chi connectivity index (χ4n) is 3.34. The standard InChI is InChI=1S/C18H21N3O4/c1-11(16(23)19-13-7-9-20(10-8-13)12(2)22)21-17(24)14-5-3-4-6-15(14)18(21)25/h3-6,11,13H,7-10H2,1-2H3,(H,19,23). The maximum absolute atomic E-state index is 12.5. The van der Waals surface area contributed by atoms with E-state index in [9.17, 15) is 19.2 Å². The Hall–Kier alpha value is -2.70. The van der Waals surface area contributed by atoms with Crippen molar-refractivity contribution in [1.82, 2.24) is 15.1 Å². The van der Waals surface area contributed by atoms with Crippen molar-refractivity contribution in [2.45, 2.75) is 38.8 Å². The Morgan fingerprint density at radius 3 is 2.08 bits per heavy atom. The summed E-state index contributed by atoms with van der Waals surface area (Å²) in [5.41, 5.74) is 0.670. The molecule has 2 aliphatic rings. The fraction of sp³-hybridized carbons (Fsp3) is 0.444. The number of carbonyl (C=O) groups is 4. The average Bonchev–Trinajstić information content (AvgIpc) is 2.86. The Kier molecular flexibility index (Phi) is 4.57. The predicted molar refractivity (Wildman–Crippen MR) is 89.8 cm³/mol. The summed E-state index contributed by atoms with van der Waals surface area (Å²) in [5.74, 6) is -1.19. The molecule has 1 saturated heterocycles. The molecule has 0 aromatic heterocycles. The zero-order valence-corrected chi connectivity index (χ0v) is 14.3. The summed E-state index contributed by atoms with van der Waals surface area (Å²) in [6.07, 6.45) is 1.33. The lowest BCUT2D eigenvalue weighted by molar-refractivity contribution is -0.130. The molecule has 132 valence electrons. The normalized spacial score (nSPS) is 19.0. The van der Waals surface area contributed by atoms with E-state index in [4.69, 9.17) is 0 Å². The highest BCUT2D eigenvalue weighted by atomic mass is 16.2. The molecule has 2 aliphatic heterocycles. The van der Waals surface area contributed by atoms with Gasteiger partial charge in [0, 0.05) is 26.1 Å². The lowest BCUT2D eigenvalue weighted by Gasteiger charge is -2.33. The Balaban J connectivity index is 1.63. The minimum absolute atomic E-state index is 0.0316. The van der Waals surface area contributed by atoms with E-state index in [2.05, 4.69) is 5.32 Å². The van der Waals surface area contributed by atoms with Crippen LogP contribution in [0.2, 0.25) is 0 Å². The quantitative estimate of drug-likeness (QED) is 0.823. The van der Waals surface area contributed by atoms with E-state index < -0.39 is 17.9 Å². The highest BCUT2D eigenvalue weighted by Crippen LogP contribution is 2.24. The first kappa shape index (κ1) is 17.1. The number of rotatable bonds is 3. The average molecular weight is 343 g/mol. The van der Waals surface area contributed by atoms with Crippen molar-refractivity contribution in [3.63, 3.8) is 0 Å². The van der Waals surface area contributed by atoms with Crippen LogP contribution in [0, 0.1) is 0 Å². The molecule has 0 saturated carbocycles. The molecular weight excluding hydrogens is 322 g/mol. The molecule has 0 bridgehead atoms. The molecule has 1 fully saturated rings. The Labute approximate surface area is 146 Å². The van der Waals surface area contributed by atoms with E-state index in [0.29, 0.717) is 37.1 Å². The van der Waals surface area contributed by atoms with Gasteiger partial charge in [-0.2, -0.15) is 0 Å². The number of likely N-dealkylation sites (tertiary alicyclic amines) is 1. The molecule has 0 radical (unpaired) electrons. The molecule has 3 rings (SSSR count). The molecule has 7 heteroatoms. The first-order valence-corrected chi connectivity index (χ1v) is 8.43. The minimum Gasteiger partial charge on any atom is -0.351 e. The maximum Gasteiger partial charge on any atom is 0.262 e. The lowest BCUT2D eigenvalue weighted by atomic mass is 10.0.